The zero-order chi connectivity index (χ0) is 12.5. The number of aromatic amines is 1. The van der Waals surface area contributed by atoms with Crippen molar-refractivity contribution in [1.29, 1.82) is 0 Å². The summed E-state index contributed by atoms with van der Waals surface area (Å²) in [5.74, 6) is 0. The van der Waals surface area contributed by atoms with Crippen LogP contribution in [0.25, 0.3) is 0 Å². The summed E-state index contributed by atoms with van der Waals surface area (Å²) in [6.07, 6.45) is 1.69. The standard InChI is InChI=1S/C13H13ClN4/c14-8-3-4-10-9(6-8)13(11-2-1-5-16-11)17-7-12(15)18-10/h1-6,12,16,18H,7,15H2. The number of benzene rings is 1. The molecule has 3 rings (SSSR count). The molecule has 0 radical (unpaired) electrons. The molecule has 0 amide bonds. The van der Waals surface area contributed by atoms with Gasteiger partial charge in [-0.05, 0) is 30.3 Å². The van der Waals surface area contributed by atoms with Crippen molar-refractivity contribution in [3.63, 3.8) is 0 Å². The Hall–Kier alpha value is -1.78. The molecular weight excluding hydrogens is 248 g/mol. The van der Waals surface area contributed by atoms with Crippen molar-refractivity contribution >= 4 is 23.0 Å². The van der Waals surface area contributed by atoms with Gasteiger partial charge in [0.05, 0.1) is 24.1 Å². The molecule has 1 aliphatic heterocycles. The van der Waals surface area contributed by atoms with Gasteiger partial charge in [0.25, 0.3) is 0 Å². The molecule has 0 saturated heterocycles. The number of hydrogen-bond donors (Lipinski definition) is 3. The third kappa shape index (κ3) is 2.00. The first-order chi connectivity index (χ1) is 8.74. The van der Waals surface area contributed by atoms with E-state index in [0.717, 1.165) is 22.7 Å². The first kappa shape index (κ1) is 11.3. The largest absolute Gasteiger partial charge is 0.368 e. The van der Waals surface area contributed by atoms with Crippen LogP contribution in [-0.4, -0.2) is 23.4 Å². The lowest BCUT2D eigenvalue weighted by atomic mass is 10.1. The number of nitrogens with two attached hydrogens (primary N) is 1. The van der Waals surface area contributed by atoms with Gasteiger partial charge in [-0.25, -0.2) is 0 Å². The van der Waals surface area contributed by atoms with E-state index in [2.05, 4.69) is 15.3 Å². The maximum absolute atomic E-state index is 6.07. The Morgan fingerprint density at radius 1 is 1.33 bits per heavy atom. The van der Waals surface area contributed by atoms with Crippen molar-refractivity contribution in [2.75, 3.05) is 11.9 Å². The first-order valence-electron chi connectivity index (χ1n) is 5.74. The van der Waals surface area contributed by atoms with Gasteiger partial charge in [0.15, 0.2) is 0 Å². The fourth-order valence-electron chi connectivity index (χ4n) is 2.07. The summed E-state index contributed by atoms with van der Waals surface area (Å²) in [5, 5.41) is 3.92. The van der Waals surface area contributed by atoms with Crippen LogP contribution in [0.3, 0.4) is 0 Å². The van der Waals surface area contributed by atoms with Crippen LogP contribution < -0.4 is 11.1 Å². The minimum atomic E-state index is -0.183. The van der Waals surface area contributed by atoms with Gasteiger partial charge in [0.2, 0.25) is 0 Å². The lowest BCUT2D eigenvalue weighted by molar-refractivity contribution is 0.774. The van der Waals surface area contributed by atoms with E-state index in [1.165, 1.54) is 0 Å². The number of nitrogens with zero attached hydrogens (tertiary/aromatic N) is 1. The second-order valence-corrected chi connectivity index (χ2v) is 4.65. The van der Waals surface area contributed by atoms with Crippen LogP contribution in [0.1, 0.15) is 11.3 Å². The molecule has 4 nitrogen and oxygen atoms in total. The monoisotopic (exact) mass is 260 g/mol. The molecule has 2 aromatic rings. The van der Waals surface area contributed by atoms with Gasteiger partial charge in [-0.2, -0.15) is 0 Å². The molecule has 18 heavy (non-hydrogen) atoms. The molecule has 1 unspecified atom stereocenters. The Bertz CT molecular complexity index is 589. The van der Waals surface area contributed by atoms with E-state index in [9.17, 15) is 0 Å². The van der Waals surface area contributed by atoms with E-state index < -0.39 is 0 Å². The SMILES string of the molecule is NC1CN=C(c2ccc[nH]2)c2cc(Cl)ccc2N1. The zero-order valence-corrected chi connectivity index (χ0v) is 10.4. The summed E-state index contributed by atoms with van der Waals surface area (Å²) in [4.78, 5) is 7.74. The summed E-state index contributed by atoms with van der Waals surface area (Å²) < 4.78 is 0. The minimum Gasteiger partial charge on any atom is -0.368 e. The highest BCUT2D eigenvalue weighted by molar-refractivity contribution is 6.31. The van der Waals surface area contributed by atoms with E-state index >= 15 is 0 Å². The molecule has 92 valence electrons. The number of benzodiazepines with no additional fused rings is 1. The number of fused-ring (bicyclic) bond motifs is 1. The van der Waals surface area contributed by atoms with Crippen molar-refractivity contribution in [2.45, 2.75) is 6.17 Å². The number of halogens is 1. The fraction of sp³-hybridized carbons (Fsp3) is 0.154. The maximum atomic E-state index is 6.07. The number of aromatic nitrogens is 1. The Kier molecular flexibility index (Phi) is 2.81. The molecule has 1 aliphatic rings. The van der Waals surface area contributed by atoms with Gasteiger partial charge in [0.1, 0.15) is 0 Å². The third-order valence-corrected chi connectivity index (χ3v) is 3.11. The average molecular weight is 261 g/mol. The van der Waals surface area contributed by atoms with Crippen LogP contribution in [0.2, 0.25) is 5.02 Å². The topological polar surface area (TPSA) is 66.2 Å². The van der Waals surface area contributed by atoms with Crippen LogP contribution in [0.4, 0.5) is 5.69 Å². The Labute approximate surface area is 110 Å². The van der Waals surface area contributed by atoms with Crippen LogP contribution >= 0.6 is 11.6 Å². The van der Waals surface area contributed by atoms with Gasteiger partial charge in [0, 0.05) is 22.5 Å². The predicted molar refractivity (Wildman–Crippen MR) is 74.3 cm³/mol. The number of anilines is 1. The van der Waals surface area contributed by atoms with Crippen molar-refractivity contribution < 1.29 is 0 Å². The molecule has 0 fully saturated rings. The Balaban J connectivity index is 2.17. The molecule has 1 atom stereocenters. The summed E-state index contributed by atoms with van der Waals surface area (Å²) in [6.45, 7) is 0.528. The smallest absolute Gasteiger partial charge is 0.0943 e. The van der Waals surface area contributed by atoms with Gasteiger partial charge >= 0.3 is 0 Å². The molecular formula is C13H13ClN4. The van der Waals surface area contributed by atoms with Crippen LogP contribution in [0.5, 0.6) is 0 Å². The van der Waals surface area contributed by atoms with E-state index in [1.807, 2.05) is 36.5 Å². The number of rotatable bonds is 1. The number of aliphatic imine (C=N–C) groups is 1. The lowest BCUT2D eigenvalue weighted by Gasteiger charge is -2.12. The lowest BCUT2D eigenvalue weighted by Crippen LogP contribution is -2.31. The first-order valence-corrected chi connectivity index (χ1v) is 6.12. The molecule has 0 bridgehead atoms. The van der Waals surface area contributed by atoms with Crippen LogP contribution in [0, 0.1) is 0 Å². The highest BCUT2D eigenvalue weighted by atomic mass is 35.5. The van der Waals surface area contributed by atoms with Crippen molar-refractivity contribution in [2.24, 2.45) is 10.7 Å². The molecule has 5 heteroatoms. The zero-order valence-electron chi connectivity index (χ0n) is 9.65. The molecule has 2 heterocycles. The summed E-state index contributed by atoms with van der Waals surface area (Å²) in [7, 11) is 0. The third-order valence-electron chi connectivity index (χ3n) is 2.88. The van der Waals surface area contributed by atoms with Gasteiger partial charge in [-0.1, -0.05) is 11.6 Å². The van der Waals surface area contributed by atoms with Gasteiger partial charge in [-0.15, -0.1) is 0 Å². The second-order valence-electron chi connectivity index (χ2n) is 4.21. The van der Waals surface area contributed by atoms with Crippen molar-refractivity contribution in [1.82, 2.24) is 4.98 Å². The van der Waals surface area contributed by atoms with Gasteiger partial charge < -0.3 is 16.0 Å². The summed E-state index contributed by atoms with van der Waals surface area (Å²) in [5.41, 5.74) is 9.72. The molecule has 0 saturated carbocycles. The van der Waals surface area contributed by atoms with Crippen molar-refractivity contribution in [3.8, 4) is 0 Å². The Morgan fingerprint density at radius 3 is 3.00 bits per heavy atom. The minimum absolute atomic E-state index is 0.183. The number of nitrogens with one attached hydrogen (secondary N) is 2. The number of H-pyrrole nitrogens is 1. The van der Waals surface area contributed by atoms with Crippen LogP contribution in [0.15, 0.2) is 41.5 Å². The molecule has 1 aromatic carbocycles. The number of hydrogen-bond acceptors (Lipinski definition) is 3. The maximum Gasteiger partial charge on any atom is 0.0943 e. The normalized spacial score (nSPS) is 18.6. The van der Waals surface area contributed by atoms with E-state index in [4.69, 9.17) is 17.3 Å². The summed E-state index contributed by atoms with van der Waals surface area (Å²) >= 11 is 6.07. The molecule has 1 aromatic heterocycles. The van der Waals surface area contributed by atoms with E-state index in [1.54, 1.807) is 0 Å². The average Bonchev–Trinajstić information content (AvgIpc) is 2.81. The molecule has 0 aliphatic carbocycles. The quantitative estimate of drug-likeness (QED) is 0.736. The highest BCUT2D eigenvalue weighted by Gasteiger charge is 2.18. The Morgan fingerprint density at radius 2 is 2.22 bits per heavy atom. The van der Waals surface area contributed by atoms with Crippen LogP contribution in [-0.2, 0) is 0 Å². The molecule has 4 N–H and O–H groups in total. The van der Waals surface area contributed by atoms with Gasteiger partial charge in [-0.3, -0.25) is 4.99 Å². The molecule has 0 spiro atoms. The second kappa shape index (κ2) is 4.48. The van der Waals surface area contributed by atoms with Crippen molar-refractivity contribution in [3.05, 3.63) is 52.8 Å². The van der Waals surface area contributed by atoms with E-state index in [-0.39, 0.29) is 6.17 Å². The van der Waals surface area contributed by atoms with E-state index in [0.29, 0.717) is 11.6 Å². The fourth-order valence-corrected chi connectivity index (χ4v) is 2.24. The highest BCUT2D eigenvalue weighted by Crippen LogP contribution is 2.25. The predicted octanol–water partition coefficient (Wildman–Crippen LogP) is 2.22. The summed E-state index contributed by atoms with van der Waals surface area (Å²) in [6, 6.07) is 9.61.